The van der Waals surface area contributed by atoms with Crippen molar-refractivity contribution in [3.05, 3.63) is 0 Å². The number of nitrogens with zero attached hydrogens (tertiary/aromatic N) is 1. The quantitative estimate of drug-likeness (QED) is 0.280. The molecule has 0 N–H and O–H groups in total. The summed E-state index contributed by atoms with van der Waals surface area (Å²) in [5, 5.41) is 8.97. The molecule has 0 bridgehead atoms. The minimum Gasteiger partial charge on any atom is -0.378 e. The van der Waals surface area contributed by atoms with E-state index in [1.165, 1.54) is 96.3 Å². The van der Waals surface area contributed by atoms with Crippen molar-refractivity contribution in [2.45, 2.75) is 135 Å². The van der Waals surface area contributed by atoms with Gasteiger partial charge in [-0.1, -0.05) is 90.4 Å². The highest BCUT2D eigenvalue weighted by atomic mass is 16.5. The van der Waals surface area contributed by atoms with Crippen molar-refractivity contribution in [1.82, 2.24) is 0 Å². The predicted octanol–water partition coefficient (Wildman–Crippen LogP) is 8.20. The number of rotatable bonds is 14. The third-order valence-electron chi connectivity index (χ3n) is 7.40. The zero-order valence-electron chi connectivity index (χ0n) is 18.8. The zero-order valence-corrected chi connectivity index (χ0v) is 18.8. The molecule has 2 fully saturated rings. The highest BCUT2D eigenvalue weighted by molar-refractivity contribution is 4.87. The average molecular weight is 390 g/mol. The Kier molecular flexibility index (Phi) is 13.0. The van der Waals surface area contributed by atoms with Crippen LogP contribution in [0.15, 0.2) is 0 Å². The van der Waals surface area contributed by atoms with Gasteiger partial charge >= 0.3 is 0 Å². The van der Waals surface area contributed by atoms with Crippen LogP contribution in [-0.4, -0.2) is 12.7 Å². The van der Waals surface area contributed by atoms with Crippen molar-refractivity contribution in [2.24, 2.45) is 17.8 Å². The second kappa shape index (κ2) is 15.3. The van der Waals surface area contributed by atoms with Crippen LogP contribution in [0.5, 0.6) is 0 Å². The average Bonchev–Trinajstić information content (AvgIpc) is 2.74. The van der Waals surface area contributed by atoms with Gasteiger partial charge in [-0.15, -0.1) is 0 Å². The van der Waals surface area contributed by atoms with Gasteiger partial charge in [-0.05, 0) is 50.4 Å². The fourth-order valence-corrected chi connectivity index (χ4v) is 5.36. The van der Waals surface area contributed by atoms with Crippen molar-refractivity contribution >= 4 is 0 Å². The maximum absolute atomic E-state index is 8.97. The Bertz CT molecular complexity index is 399. The lowest BCUT2D eigenvalue weighted by atomic mass is 9.78. The molecular formula is C26H47NO. The topological polar surface area (TPSA) is 33.0 Å². The summed E-state index contributed by atoms with van der Waals surface area (Å²) in [6.07, 6.45) is 26.3. The van der Waals surface area contributed by atoms with Gasteiger partial charge in [0, 0.05) is 12.5 Å². The predicted molar refractivity (Wildman–Crippen MR) is 119 cm³/mol. The summed E-state index contributed by atoms with van der Waals surface area (Å²) in [7, 11) is 0. The molecule has 2 aliphatic rings. The number of hydrogen-bond donors (Lipinski definition) is 0. The number of ether oxygens (including phenoxy) is 1. The van der Waals surface area contributed by atoms with E-state index in [2.05, 4.69) is 13.0 Å². The van der Waals surface area contributed by atoms with Gasteiger partial charge in [0.25, 0.3) is 0 Å². The van der Waals surface area contributed by atoms with E-state index in [9.17, 15) is 0 Å². The van der Waals surface area contributed by atoms with Crippen LogP contribution in [0, 0.1) is 29.1 Å². The van der Waals surface area contributed by atoms with Gasteiger partial charge in [0.15, 0.2) is 0 Å². The van der Waals surface area contributed by atoms with E-state index in [1.54, 1.807) is 0 Å². The summed E-state index contributed by atoms with van der Waals surface area (Å²) in [4.78, 5) is 0. The summed E-state index contributed by atoms with van der Waals surface area (Å²) in [6, 6.07) is 2.41. The highest BCUT2D eigenvalue weighted by Gasteiger charge is 2.22. The maximum atomic E-state index is 8.97. The monoisotopic (exact) mass is 389 g/mol. The van der Waals surface area contributed by atoms with E-state index in [0.29, 0.717) is 12.0 Å². The molecule has 0 radical (unpaired) electrons. The summed E-state index contributed by atoms with van der Waals surface area (Å²) in [5.74, 6) is 2.29. The van der Waals surface area contributed by atoms with E-state index >= 15 is 0 Å². The first kappa shape index (κ1) is 23.7. The van der Waals surface area contributed by atoms with Crippen molar-refractivity contribution in [1.29, 1.82) is 5.26 Å². The van der Waals surface area contributed by atoms with Crippen LogP contribution < -0.4 is 0 Å². The molecule has 0 heterocycles. The molecule has 0 spiro atoms. The second-order valence-corrected chi connectivity index (χ2v) is 9.77. The summed E-state index contributed by atoms with van der Waals surface area (Å²) < 4.78 is 6.09. The van der Waals surface area contributed by atoms with Crippen LogP contribution in [-0.2, 0) is 4.74 Å². The number of nitriles is 1. The molecule has 2 saturated carbocycles. The first-order chi connectivity index (χ1) is 13.8. The lowest BCUT2D eigenvalue weighted by Crippen LogP contribution is -2.22. The van der Waals surface area contributed by atoms with Crippen LogP contribution in [0.25, 0.3) is 0 Å². The van der Waals surface area contributed by atoms with Crippen LogP contribution in [0.2, 0.25) is 0 Å². The fraction of sp³-hybridized carbons (Fsp3) is 0.962. The van der Waals surface area contributed by atoms with Gasteiger partial charge in [-0.2, -0.15) is 5.26 Å². The van der Waals surface area contributed by atoms with Gasteiger partial charge in [0.05, 0.1) is 12.2 Å². The molecule has 2 aliphatic carbocycles. The minimum atomic E-state index is 0.292. The maximum Gasteiger partial charge on any atom is 0.0655 e. The summed E-state index contributed by atoms with van der Waals surface area (Å²) in [5.41, 5.74) is 0. The molecule has 28 heavy (non-hydrogen) atoms. The molecule has 0 atom stereocenters. The third kappa shape index (κ3) is 10.3. The fourth-order valence-electron chi connectivity index (χ4n) is 5.36. The van der Waals surface area contributed by atoms with Crippen LogP contribution >= 0.6 is 0 Å². The lowest BCUT2D eigenvalue weighted by Gasteiger charge is -2.29. The van der Waals surface area contributed by atoms with E-state index < -0.39 is 0 Å². The van der Waals surface area contributed by atoms with Crippen LogP contribution in [0.3, 0.4) is 0 Å². The molecule has 0 amide bonds. The molecule has 0 aromatic heterocycles. The van der Waals surface area contributed by atoms with Crippen molar-refractivity contribution in [2.75, 3.05) is 6.61 Å². The molecule has 0 aromatic carbocycles. The standard InChI is InChI=1S/C26H47NO/c1-2-3-4-5-6-7-8-9-11-23-13-15-24(16-14-23)12-10-21-28-26-19-17-25(22-27)18-20-26/h23-26H,2-21H2,1H3/t23-,24-,25-,26-. The summed E-state index contributed by atoms with van der Waals surface area (Å²) >= 11 is 0. The van der Waals surface area contributed by atoms with E-state index in [0.717, 1.165) is 44.1 Å². The zero-order chi connectivity index (χ0) is 19.9. The smallest absolute Gasteiger partial charge is 0.0655 e. The number of unbranched alkanes of at least 4 members (excludes halogenated alkanes) is 7. The molecule has 2 nitrogen and oxygen atoms in total. The Morgan fingerprint density at radius 3 is 1.79 bits per heavy atom. The molecule has 162 valence electrons. The van der Waals surface area contributed by atoms with Gasteiger partial charge in [0.2, 0.25) is 0 Å². The van der Waals surface area contributed by atoms with Gasteiger partial charge in [-0.3, -0.25) is 0 Å². The Morgan fingerprint density at radius 2 is 1.21 bits per heavy atom. The lowest BCUT2D eigenvalue weighted by molar-refractivity contribution is 0.0187. The van der Waals surface area contributed by atoms with Crippen LogP contribution in [0.1, 0.15) is 129 Å². The first-order valence-electron chi connectivity index (χ1n) is 12.8. The van der Waals surface area contributed by atoms with Gasteiger partial charge < -0.3 is 4.74 Å². The SMILES string of the molecule is CCCCCCCCCC[C@H]1CC[C@H](CCCO[C@H]2CC[C@H](C#N)CC2)CC1. The Morgan fingerprint density at radius 1 is 0.679 bits per heavy atom. The molecule has 2 heteroatoms. The molecular weight excluding hydrogens is 342 g/mol. The largest absolute Gasteiger partial charge is 0.378 e. The normalized spacial score (nSPS) is 28.1. The van der Waals surface area contributed by atoms with E-state index in [4.69, 9.17) is 10.00 Å². The molecule has 0 aliphatic heterocycles. The molecule has 0 aromatic rings. The van der Waals surface area contributed by atoms with Crippen LogP contribution in [0.4, 0.5) is 0 Å². The number of hydrogen-bond acceptors (Lipinski definition) is 2. The molecule has 0 saturated heterocycles. The minimum absolute atomic E-state index is 0.292. The summed E-state index contributed by atoms with van der Waals surface area (Å²) in [6.45, 7) is 3.24. The first-order valence-corrected chi connectivity index (χ1v) is 12.8. The second-order valence-electron chi connectivity index (χ2n) is 9.77. The Hall–Kier alpha value is -0.550. The van der Waals surface area contributed by atoms with Gasteiger partial charge in [0.1, 0.15) is 0 Å². The van der Waals surface area contributed by atoms with Crippen molar-refractivity contribution in [3.63, 3.8) is 0 Å². The highest BCUT2D eigenvalue weighted by Crippen LogP contribution is 2.34. The van der Waals surface area contributed by atoms with E-state index in [1.807, 2.05) is 0 Å². The Balaban J connectivity index is 1.38. The van der Waals surface area contributed by atoms with Crippen molar-refractivity contribution in [3.8, 4) is 6.07 Å². The van der Waals surface area contributed by atoms with E-state index in [-0.39, 0.29) is 0 Å². The molecule has 2 rings (SSSR count). The Labute approximate surface area is 175 Å². The van der Waals surface area contributed by atoms with Gasteiger partial charge in [-0.25, -0.2) is 0 Å². The molecule has 0 unspecified atom stereocenters. The van der Waals surface area contributed by atoms with Crippen molar-refractivity contribution < 1.29 is 4.74 Å². The third-order valence-corrected chi connectivity index (χ3v) is 7.40.